The van der Waals surface area contributed by atoms with E-state index < -0.39 is 6.10 Å². The molecule has 1 aromatic heterocycles. The number of nitrogens with one attached hydrogen (secondary N) is 1. The molecule has 4 rings (SSSR count). The number of rotatable bonds is 10. The van der Waals surface area contributed by atoms with Crippen LogP contribution in [0.1, 0.15) is 34.1 Å². The van der Waals surface area contributed by atoms with Crippen LogP contribution in [0.3, 0.4) is 0 Å². The van der Waals surface area contributed by atoms with Gasteiger partial charge in [-0.2, -0.15) is 0 Å². The van der Waals surface area contributed by atoms with Crippen molar-refractivity contribution < 1.29 is 14.6 Å². The lowest BCUT2D eigenvalue weighted by molar-refractivity contribution is 0.101. The van der Waals surface area contributed by atoms with Crippen molar-refractivity contribution in [2.45, 2.75) is 33.3 Å². The van der Waals surface area contributed by atoms with Crippen molar-refractivity contribution in [3.63, 3.8) is 0 Å². The third kappa shape index (κ3) is 5.38. The fourth-order valence-corrected chi connectivity index (χ4v) is 4.36. The van der Waals surface area contributed by atoms with Gasteiger partial charge in [0.2, 0.25) is 0 Å². The number of ether oxygens (including phenoxy) is 1. The van der Waals surface area contributed by atoms with E-state index in [1.165, 1.54) is 11.1 Å². The van der Waals surface area contributed by atoms with Crippen molar-refractivity contribution in [3.8, 4) is 11.4 Å². The summed E-state index contributed by atoms with van der Waals surface area (Å²) in [4.78, 5) is 12.5. The Balaban J connectivity index is 1.44. The standard InChI is InChI=1S/C29H32N2O3/c1-20-9-11-24(12-10-20)31-21(2)29(22(3)32)27-17-26(13-14-28(27)31)34-19-25(33)18-30-16-15-23-7-5-4-6-8-23/h4-14,17,25,30,33H,15-16,18-19H2,1-3H3/t25-/m1/s1. The molecule has 0 fully saturated rings. The van der Waals surface area contributed by atoms with E-state index in [0.29, 0.717) is 17.9 Å². The molecule has 0 aliphatic rings. The average molecular weight is 457 g/mol. The molecular weight excluding hydrogens is 424 g/mol. The fraction of sp³-hybridized carbons (Fsp3) is 0.276. The molecule has 0 radical (unpaired) electrons. The molecule has 0 saturated heterocycles. The van der Waals surface area contributed by atoms with Crippen LogP contribution >= 0.6 is 0 Å². The summed E-state index contributed by atoms with van der Waals surface area (Å²) >= 11 is 0. The van der Waals surface area contributed by atoms with Crippen LogP contribution in [0.4, 0.5) is 0 Å². The summed E-state index contributed by atoms with van der Waals surface area (Å²) in [5.41, 5.74) is 6.04. The number of benzene rings is 3. The van der Waals surface area contributed by atoms with Crippen LogP contribution in [-0.2, 0) is 6.42 Å². The number of aromatic nitrogens is 1. The highest BCUT2D eigenvalue weighted by Crippen LogP contribution is 2.32. The zero-order chi connectivity index (χ0) is 24.1. The second-order valence-corrected chi connectivity index (χ2v) is 8.77. The molecule has 0 aliphatic carbocycles. The molecule has 0 amide bonds. The molecule has 1 heterocycles. The first-order valence-electron chi connectivity index (χ1n) is 11.7. The van der Waals surface area contributed by atoms with Gasteiger partial charge >= 0.3 is 0 Å². The van der Waals surface area contributed by atoms with Gasteiger partial charge in [0.1, 0.15) is 18.5 Å². The maximum absolute atomic E-state index is 12.5. The monoisotopic (exact) mass is 456 g/mol. The third-order valence-electron chi connectivity index (χ3n) is 6.08. The largest absolute Gasteiger partial charge is 0.491 e. The summed E-state index contributed by atoms with van der Waals surface area (Å²) in [6.07, 6.45) is 0.286. The van der Waals surface area contributed by atoms with E-state index in [-0.39, 0.29) is 12.4 Å². The quantitative estimate of drug-likeness (QED) is 0.260. The van der Waals surface area contributed by atoms with E-state index in [9.17, 15) is 9.90 Å². The number of aliphatic hydroxyl groups is 1. The Hall–Kier alpha value is -3.41. The van der Waals surface area contributed by atoms with Gasteiger partial charge in [-0.3, -0.25) is 4.79 Å². The van der Waals surface area contributed by atoms with E-state index >= 15 is 0 Å². The van der Waals surface area contributed by atoms with Crippen LogP contribution in [0.2, 0.25) is 0 Å². The minimum absolute atomic E-state index is 0.0214. The highest BCUT2D eigenvalue weighted by molar-refractivity contribution is 6.09. The minimum Gasteiger partial charge on any atom is -0.491 e. The molecule has 0 spiro atoms. The SMILES string of the molecule is CC(=O)c1c(C)n(-c2ccc(C)cc2)c2ccc(OC[C@H](O)CNCCc3ccccc3)cc12. The van der Waals surface area contributed by atoms with Gasteiger partial charge in [-0.1, -0.05) is 48.0 Å². The Kier molecular flexibility index (Phi) is 7.46. The Labute approximate surface area is 201 Å². The average Bonchev–Trinajstić information content (AvgIpc) is 3.13. The number of hydrogen-bond acceptors (Lipinski definition) is 4. The zero-order valence-electron chi connectivity index (χ0n) is 20.0. The number of Topliss-reactive ketones (excluding diaryl/α,β-unsaturated/α-hetero) is 1. The van der Waals surface area contributed by atoms with Crippen LogP contribution in [0, 0.1) is 13.8 Å². The Morgan fingerprint density at radius 2 is 1.76 bits per heavy atom. The van der Waals surface area contributed by atoms with Crippen LogP contribution in [0.25, 0.3) is 16.6 Å². The van der Waals surface area contributed by atoms with Crippen LogP contribution in [0.5, 0.6) is 5.75 Å². The molecule has 2 N–H and O–H groups in total. The molecule has 4 aromatic rings. The highest BCUT2D eigenvalue weighted by Gasteiger charge is 2.19. The summed E-state index contributed by atoms with van der Waals surface area (Å²) in [5.74, 6) is 0.660. The molecule has 34 heavy (non-hydrogen) atoms. The van der Waals surface area contributed by atoms with Gasteiger partial charge in [0, 0.05) is 28.9 Å². The zero-order valence-corrected chi connectivity index (χ0v) is 20.0. The number of aryl methyl sites for hydroxylation is 1. The molecule has 5 nitrogen and oxygen atoms in total. The Bertz CT molecular complexity index is 1260. The molecule has 1 atom stereocenters. The van der Waals surface area contributed by atoms with Crippen LogP contribution in [-0.4, -0.2) is 41.3 Å². The lowest BCUT2D eigenvalue weighted by atomic mass is 10.1. The summed E-state index contributed by atoms with van der Waals surface area (Å²) in [6.45, 7) is 7.05. The number of fused-ring (bicyclic) bond motifs is 1. The number of aliphatic hydroxyl groups excluding tert-OH is 1. The fourth-order valence-electron chi connectivity index (χ4n) is 4.36. The summed E-state index contributed by atoms with van der Waals surface area (Å²) < 4.78 is 8.00. The Morgan fingerprint density at radius 1 is 1.03 bits per heavy atom. The predicted octanol–water partition coefficient (Wildman–Crippen LogP) is 5.02. The van der Waals surface area contributed by atoms with Gasteiger partial charge in [0.15, 0.2) is 5.78 Å². The van der Waals surface area contributed by atoms with Crippen molar-refractivity contribution >= 4 is 16.7 Å². The molecule has 0 unspecified atom stereocenters. The molecule has 3 aromatic carbocycles. The molecule has 176 valence electrons. The van der Waals surface area contributed by atoms with Gasteiger partial charge < -0.3 is 19.7 Å². The van der Waals surface area contributed by atoms with E-state index in [2.05, 4.69) is 53.2 Å². The van der Waals surface area contributed by atoms with E-state index in [1.54, 1.807) is 6.92 Å². The number of nitrogens with zero attached hydrogens (tertiary/aromatic N) is 1. The van der Waals surface area contributed by atoms with Crippen LogP contribution < -0.4 is 10.1 Å². The third-order valence-corrected chi connectivity index (χ3v) is 6.08. The van der Waals surface area contributed by atoms with Crippen molar-refractivity contribution in [2.24, 2.45) is 0 Å². The number of carbonyl (C=O) groups is 1. The Morgan fingerprint density at radius 3 is 2.47 bits per heavy atom. The van der Waals surface area contributed by atoms with Crippen molar-refractivity contribution in [1.29, 1.82) is 0 Å². The van der Waals surface area contributed by atoms with Gasteiger partial charge in [-0.15, -0.1) is 0 Å². The van der Waals surface area contributed by atoms with E-state index in [0.717, 1.165) is 35.2 Å². The lowest BCUT2D eigenvalue weighted by Gasteiger charge is -2.14. The molecule has 5 heteroatoms. The molecule has 0 bridgehead atoms. The van der Waals surface area contributed by atoms with E-state index in [1.807, 2.05) is 43.3 Å². The topological polar surface area (TPSA) is 63.5 Å². The molecule has 0 saturated carbocycles. The highest BCUT2D eigenvalue weighted by atomic mass is 16.5. The summed E-state index contributed by atoms with van der Waals surface area (Å²) in [7, 11) is 0. The van der Waals surface area contributed by atoms with Gasteiger partial charge in [0.25, 0.3) is 0 Å². The van der Waals surface area contributed by atoms with Crippen molar-refractivity contribution in [2.75, 3.05) is 19.7 Å². The van der Waals surface area contributed by atoms with Crippen molar-refractivity contribution in [1.82, 2.24) is 9.88 Å². The minimum atomic E-state index is -0.627. The van der Waals surface area contributed by atoms with E-state index in [4.69, 9.17) is 4.74 Å². The number of carbonyl (C=O) groups excluding carboxylic acids is 1. The maximum atomic E-state index is 12.5. The maximum Gasteiger partial charge on any atom is 0.162 e. The normalized spacial score (nSPS) is 12.1. The second-order valence-electron chi connectivity index (χ2n) is 8.77. The smallest absolute Gasteiger partial charge is 0.162 e. The number of ketones is 1. The molecular formula is C29H32N2O3. The second kappa shape index (κ2) is 10.7. The van der Waals surface area contributed by atoms with Gasteiger partial charge in [0.05, 0.1) is 5.52 Å². The first kappa shape index (κ1) is 23.7. The van der Waals surface area contributed by atoms with Crippen LogP contribution in [0.15, 0.2) is 72.8 Å². The van der Waals surface area contributed by atoms with Gasteiger partial charge in [-0.25, -0.2) is 0 Å². The summed E-state index contributed by atoms with van der Waals surface area (Å²) in [6, 6.07) is 24.3. The lowest BCUT2D eigenvalue weighted by Crippen LogP contribution is -2.32. The van der Waals surface area contributed by atoms with Crippen molar-refractivity contribution in [3.05, 3.63) is 95.2 Å². The van der Waals surface area contributed by atoms with Gasteiger partial charge in [-0.05, 0) is 69.6 Å². The predicted molar refractivity (Wildman–Crippen MR) is 137 cm³/mol. The molecule has 0 aliphatic heterocycles. The summed E-state index contributed by atoms with van der Waals surface area (Å²) in [5, 5.41) is 14.5. The first-order chi connectivity index (χ1) is 16.4. The number of hydrogen-bond donors (Lipinski definition) is 2. The first-order valence-corrected chi connectivity index (χ1v) is 11.7.